The van der Waals surface area contributed by atoms with Crippen molar-refractivity contribution in [1.82, 2.24) is 19.9 Å². The summed E-state index contributed by atoms with van der Waals surface area (Å²) in [5.41, 5.74) is 0.364. The minimum atomic E-state index is -1.35. The number of carbonyl (C=O) groups is 4. The predicted octanol–water partition coefficient (Wildman–Crippen LogP) is 1.20. The van der Waals surface area contributed by atoms with Crippen LogP contribution in [0.4, 0.5) is 0 Å². The van der Waals surface area contributed by atoms with Gasteiger partial charge in [-0.15, -0.1) is 0 Å². The van der Waals surface area contributed by atoms with Crippen molar-refractivity contribution in [3.63, 3.8) is 0 Å². The van der Waals surface area contributed by atoms with Crippen molar-refractivity contribution in [2.75, 3.05) is 0 Å². The summed E-state index contributed by atoms with van der Waals surface area (Å²) in [6.07, 6.45) is 0. The molecule has 64 heavy (non-hydrogen) atoms. The molecule has 329 valence electrons. The van der Waals surface area contributed by atoms with Crippen LogP contribution in [0.1, 0.15) is 55.8 Å². The summed E-state index contributed by atoms with van der Waals surface area (Å²) in [5, 5.41) is 96.9. The Bertz CT molecular complexity index is 2620. The summed E-state index contributed by atoms with van der Waals surface area (Å²) in [6.45, 7) is 4.00. The summed E-state index contributed by atoms with van der Waals surface area (Å²) >= 11 is 0. The van der Waals surface area contributed by atoms with E-state index in [4.69, 9.17) is 10.5 Å². The van der Waals surface area contributed by atoms with Crippen LogP contribution in [0.2, 0.25) is 0 Å². The number of pyridine rings is 4. The molecule has 20 heteroatoms. The Balaban J connectivity index is 0.000000405. The van der Waals surface area contributed by atoms with Crippen LogP contribution in [0, 0.1) is 22.7 Å². The van der Waals surface area contributed by atoms with Crippen LogP contribution in [-0.2, 0) is 30.6 Å². The van der Waals surface area contributed by atoms with E-state index >= 15 is 0 Å². The van der Waals surface area contributed by atoms with Crippen LogP contribution in [0.3, 0.4) is 0 Å². The fourth-order valence-electron chi connectivity index (χ4n) is 4.98. The molecule has 4 N–H and O–H groups in total. The maximum absolute atomic E-state index is 10.5. The largest absolute Gasteiger partial charge is 2.00 e. The topological polar surface area (TPSA) is 341 Å². The van der Waals surface area contributed by atoms with E-state index in [0.717, 1.165) is 0 Å². The minimum Gasteiger partial charge on any atom is -0.543 e. The zero-order chi connectivity index (χ0) is 45.9. The molecule has 4 heterocycles. The number of aromatic hydroxyl groups is 4. The van der Waals surface area contributed by atoms with Gasteiger partial charge in [0.05, 0.1) is 46.7 Å². The number of phenols is 4. The molecule has 8 rings (SSSR count). The number of hydrogen-bond donors (Lipinski definition) is 4. The molecule has 0 spiro atoms. The third kappa shape index (κ3) is 14.6. The van der Waals surface area contributed by atoms with Gasteiger partial charge in [-0.1, -0.05) is 86.6 Å². The molecule has 4 aromatic heterocycles. The summed E-state index contributed by atoms with van der Waals surface area (Å²) in [5.74, 6) is -5.55. The number of nitriles is 2. The van der Waals surface area contributed by atoms with Gasteiger partial charge in [0.2, 0.25) is 0 Å². The van der Waals surface area contributed by atoms with E-state index in [9.17, 15) is 60.0 Å². The van der Waals surface area contributed by atoms with Gasteiger partial charge in [0.15, 0.2) is 12.1 Å². The van der Waals surface area contributed by atoms with Crippen molar-refractivity contribution in [3.05, 3.63) is 144 Å². The van der Waals surface area contributed by atoms with Crippen LogP contribution >= 0.6 is 0 Å². The molecule has 8 aromatic rings. The molecular formula is C44H34CuN6O12S. The van der Waals surface area contributed by atoms with Gasteiger partial charge in [0.1, 0.15) is 45.1 Å². The molecule has 0 saturated heterocycles. The number of para-hydroxylation sites is 4. The number of fused-ring (bicyclic) bond motifs is 4. The SMILES string of the molecule is CC.N#CC#N.O=C([O-])c1ccc2cccc(O)c2n1.O=C([O-])c1ccc2cccc(O)c2n1.O=C([O-])c1ccc2cccc(O)c2n1.O=C([O-])c1ccc2cccc(O)c2n1.[Cu+2].[SH4+2]. The first kappa shape index (κ1) is 53.5. The molecule has 0 atom stereocenters. The number of aromatic nitrogens is 4. The molecule has 0 aliphatic heterocycles. The first-order valence-electron chi connectivity index (χ1n) is 17.6. The van der Waals surface area contributed by atoms with Crippen LogP contribution < -0.4 is 20.4 Å². The number of carbonyl (C=O) groups excluding carboxylic acids is 4. The van der Waals surface area contributed by atoms with Gasteiger partial charge < -0.3 is 60.0 Å². The van der Waals surface area contributed by atoms with Gasteiger partial charge in [-0.25, -0.2) is 33.4 Å². The summed E-state index contributed by atoms with van der Waals surface area (Å²) in [6, 6.07) is 33.6. The Morgan fingerprint density at radius 3 is 0.750 bits per heavy atom. The third-order valence-electron chi connectivity index (χ3n) is 7.68. The van der Waals surface area contributed by atoms with Gasteiger partial charge >= 0.3 is 17.1 Å². The maximum Gasteiger partial charge on any atom is 2.00 e. The number of carboxylic acid groups (broad SMARTS) is 4. The third-order valence-corrected chi connectivity index (χ3v) is 7.68. The van der Waals surface area contributed by atoms with E-state index in [1.807, 2.05) is 13.8 Å². The number of hydrogen-bond acceptors (Lipinski definition) is 18. The molecule has 18 nitrogen and oxygen atoms in total. The summed E-state index contributed by atoms with van der Waals surface area (Å²) in [7, 11) is 0. The molecule has 0 fully saturated rings. The minimum absolute atomic E-state index is 0. The smallest absolute Gasteiger partial charge is 0.543 e. The molecule has 0 bridgehead atoms. The van der Waals surface area contributed by atoms with Crippen molar-refractivity contribution in [2.24, 2.45) is 0 Å². The molecule has 0 aliphatic rings. The monoisotopic (exact) mass is 933 g/mol. The van der Waals surface area contributed by atoms with Crippen molar-refractivity contribution >= 4 is 81.0 Å². The van der Waals surface area contributed by atoms with E-state index in [1.165, 1.54) is 60.7 Å². The molecule has 4 aromatic carbocycles. The Kier molecular flexibility index (Phi) is 21.7. The van der Waals surface area contributed by atoms with Crippen molar-refractivity contribution in [3.8, 4) is 35.1 Å². The summed E-state index contributed by atoms with van der Waals surface area (Å²) < 4.78 is 0. The van der Waals surface area contributed by atoms with Crippen LogP contribution in [0.25, 0.3) is 43.6 Å². The van der Waals surface area contributed by atoms with Crippen molar-refractivity contribution < 1.29 is 77.1 Å². The number of benzene rings is 4. The molecular weight excluding hydrogens is 900 g/mol. The Morgan fingerprint density at radius 1 is 0.406 bits per heavy atom. The van der Waals surface area contributed by atoms with E-state index < -0.39 is 23.9 Å². The molecule has 1 radical (unpaired) electrons. The second kappa shape index (κ2) is 25.9. The quantitative estimate of drug-likeness (QED) is 0.180. The Morgan fingerprint density at radius 2 is 0.594 bits per heavy atom. The second-order valence-electron chi connectivity index (χ2n) is 11.6. The first-order chi connectivity index (χ1) is 29.6. The average molecular weight is 934 g/mol. The number of phenolic OH excluding ortho intramolecular Hbond substituents is 4. The van der Waals surface area contributed by atoms with Crippen LogP contribution in [0.15, 0.2) is 121 Å². The standard InChI is InChI=1S/4C10H7NO3.C2N2.C2H6.Cu.H4S/c4*12-8-3-1-2-6-4-5-7(10(13)14)11-9(6)8;3-1-2-4;1-2;;/h4*1-5,12H,(H,13,14);;1-2H3;;1H4/q;;;;;;2*+2/p-4. The van der Waals surface area contributed by atoms with Gasteiger partial charge in [-0.3, -0.25) is 0 Å². The Hall–Kier alpha value is -8.55. The van der Waals surface area contributed by atoms with Crippen molar-refractivity contribution in [2.45, 2.75) is 13.8 Å². The first-order valence-corrected chi connectivity index (χ1v) is 17.6. The van der Waals surface area contributed by atoms with Gasteiger partial charge in [-0.2, -0.15) is 10.5 Å². The van der Waals surface area contributed by atoms with Crippen LogP contribution in [-0.4, -0.2) is 64.2 Å². The van der Waals surface area contributed by atoms with Gasteiger partial charge in [0, 0.05) is 21.5 Å². The summed E-state index contributed by atoms with van der Waals surface area (Å²) in [4.78, 5) is 57.1. The van der Waals surface area contributed by atoms with E-state index in [-0.39, 0.29) is 98.4 Å². The predicted molar refractivity (Wildman–Crippen MR) is 226 cm³/mol. The van der Waals surface area contributed by atoms with Gasteiger partial charge in [0.25, 0.3) is 0 Å². The maximum atomic E-state index is 10.5. The molecule has 0 unspecified atom stereocenters. The van der Waals surface area contributed by atoms with E-state index in [2.05, 4.69) is 19.9 Å². The van der Waals surface area contributed by atoms with Gasteiger partial charge in [-0.05, 0) is 48.5 Å². The average Bonchev–Trinajstić information content (AvgIpc) is 3.28. The molecule has 0 aliphatic carbocycles. The normalized spacial score (nSPS) is 9.25. The number of nitrogens with zero attached hydrogens (tertiary/aromatic N) is 6. The van der Waals surface area contributed by atoms with Crippen LogP contribution in [0.5, 0.6) is 23.0 Å². The second-order valence-corrected chi connectivity index (χ2v) is 11.6. The number of carboxylic acids is 4. The van der Waals surface area contributed by atoms with Crippen molar-refractivity contribution in [1.29, 1.82) is 10.5 Å². The van der Waals surface area contributed by atoms with E-state index in [0.29, 0.717) is 21.5 Å². The zero-order valence-corrected chi connectivity index (χ0v) is 35.6. The zero-order valence-electron chi connectivity index (χ0n) is 33.3. The number of aromatic carboxylic acids is 4. The fraction of sp³-hybridized carbons (Fsp3) is 0.0455. The molecule has 0 amide bonds. The fourth-order valence-corrected chi connectivity index (χ4v) is 4.98. The number of rotatable bonds is 4. The Labute approximate surface area is 380 Å². The van der Waals surface area contributed by atoms with E-state index in [1.54, 1.807) is 72.8 Å². The molecule has 0 saturated carbocycles.